The summed E-state index contributed by atoms with van der Waals surface area (Å²) in [7, 11) is -1.55. The van der Waals surface area contributed by atoms with Crippen molar-refractivity contribution in [1.82, 2.24) is 0 Å². The van der Waals surface area contributed by atoms with E-state index in [4.69, 9.17) is 10.5 Å². The summed E-state index contributed by atoms with van der Waals surface area (Å²) in [6, 6.07) is 4.99. The second kappa shape index (κ2) is 4.53. The molecule has 1 aromatic carbocycles. The molecule has 0 aromatic heterocycles. The standard InChI is InChI=1S/C10H15NO3S/c1-3-15(12,13)7-8-6-9(11)4-5-10(8)14-2/h4-6H,3,7,11H2,1-2H3. The molecule has 2 N–H and O–H groups in total. The fourth-order valence-corrected chi connectivity index (χ4v) is 2.15. The van der Waals surface area contributed by atoms with Gasteiger partial charge in [0.2, 0.25) is 0 Å². The van der Waals surface area contributed by atoms with E-state index in [1.165, 1.54) is 7.11 Å². The van der Waals surface area contributed by atoms with Gasteiger partial charge in [0.1, 0.15) is 5.75 Å². The third kappa shape index (κ3) is 3.13. The maximum Gasteiger partial charge on any atom is 0.154 e. The van der Waals surface area contributed by atoms with E-state index >= 15 is 0 Å². The molecule has 0 saturated carbocycles. The zero-order valence-electron chi connectivity index (χ0n) is 8.86. The van der Waals surface area contributed by atoms with Crippen LogP contribution in [0.1, 0.15) is 12.5 Å². The molecule has 0 aliphatic heterocycles. The monoisotopic (exact) mass is 229 g/mol. The molecule has 0 saturated heterocycles. The number of nitrogen functional groups attached to an aromatic ring is 1. The van der Waals surface area contributed by atoms with Crippen LogP contribution in [0.3, 0.4) is 0 Å². The molecule has 0 unspecified atom stereocenters. The number of hydrogen-bond acceptors (Lipinski definition) is 4. The Bertz CT molecular complexity index is 440. The van der Waals surface area contributed by atoms with Gasteiger partial charge < -0.3 is 10.5 Å². The average molecular weight is 229 g/mol. The van der Waals surface area contributed by atoms with Gasteiger partial charge >= 0.3 is 0 Å². The molecular formula is C10H15NO3S. The summed E-state index contributed by atoms with van der Waals surface area (Å²) in [5.41, 5.74) is 6.74. The van der Waals surface area contributed by atoms with Gasteiger partial charge in [-0.05, 0) is 18.2 Å². The Hall–Kier alpha value is -1.23. The van der Waals surface area contributed by atoms with E-state index in [9.17, 15) is 8.42 Å². The van der Waals surface area contributed by atoms with Crippen LogP contribution in [0.15, 0.2) is 18.2 Å². The first kappa shape index (κ1) is 11.8. The Morgan fingerprint density at radius 2 is 2.07 bits per heavy atom. The van der Waals surface area contributed by atoms with E-state index in [0.29, 0.717) is 17.0 Å². The van der Waals surface area contributed by atoms with Crippen molar-refractivity contribution in [3.05, 3.63) is 23.8 Å². The van der Waals surface area contributed by atoms with E-state index in [1.54, 1.807) is 25.1 Å². The third-order valence-corrected chi connectivity index (χ3v) is 3.75. The first-order valence-corrected chi connectivity index (χ1v) is 6.43. The highest BCUT2D eigenvalue weighted by atomic mass is 32.2. The first-order valence-electron chi connectivity index (χ1n) is 4.61. The molecule has 0 heterocycles. The van der Waals surface area contributed by atoms with Crippen LogP contribution in [-0.4, -0.2) is 21.3 Å². The lowest BCUT2D eigenvalue weighted by atomic mass is 10.2. The highest BCUT2D eigenvalue weighted by Crippen LogP contribution is 2.23. The van der Waals surface area contributed by atoms with Crippen molar-refractivity contribution in [1.29, 1.82) is 0 Å². The van der Waals surface area contributed by atoms with Gasteiger partial charge in [0, 0.05) is 17.0 Å². The second-order valence-electron chi connectivity index (χ2n) is 3.25. The zero-order valence-corrected chi connectivity index (χ0v) is 9.67. The molecule has 0 fully saturated rings. The molecule has 0 bridgehead atoms. The van der Waals surface area contributed by atoms with Gasteiger partial charge in [-0.3, -0.25) is 0 Å². The lowest BCUT2D eigenvalue weighted by Crippen LogP contribution is -2.08. The SMILES string of the molecule is CCS(=O)(=O)Cc1cc(N)ccc1OC. The number of sulfone groups is 1. The third-order valence-electron chi connectivity index (χ3n) is 2.12. The minimum atomic E-state index is -3.06. The van der Waals surface area contributed by atoms with Crippen molar-refractivity contribution >= 4 is 15.5 Å². The average Bonchev–Trinajstić information content (AvgIpc) is 2.18. The molecule has 0 amide bonds. The molecule has 0 radical (unpaired) electrons. The number of ether oxygens (including phenoxy) is 1. The molecular weight excluding hydrogens is 214 g/mol. The molecule has 1 aromatic rings. The van der Waals surface area contributed by atoms with Gasteiger partial charge in [0.05, 0.1) is 12.9 Å². The summed E-state index contributed by atoms with van der Waals surface area (Å²) >= 11 is 0. The Kier molecular flexibility index (Phi) is 3.57. The van der Waals surface area contributed by atoms with Gasteiger partial charge in [-0.25, -0.2) is 8.42 Å². The summed E-state index contributed by atoms with van der Waals surface area (Å²) in [4.78, 5) is 0. The van der Waals surface area contributed by atoms with Gasteiger partial charge in [-0.1, -0.05) is 6.92 Å². The van der Waals surface area contributed by atoms with Crippen LogP contribution in [0.2, 0.25) is 0 Å². The Morgan fingerprint density at radius 3 is 2.60 bits per heavy atom. The minimum Gasteiger partial charge on any atom is -0.496 e. The fourth-order valence-electron chi connectivity index (χ4n) is 1.25. The van der Waals surface area contributed by atoms with Crippen LogP contribution >= 0.6 is 0 Å². The van der Waals surface area contributed by atoms with Gasteiger partial charge in [-0.2, -0.15) is 0 Å². The van der Waals surface area contributed by atoms with Crippen molar-refractivity contribution in [3.8, 4) is 5.75 Å². The Labute approximate surface area is 90.0 Å². The van der Waals surface area contributed by atoms with Crippen molar-refractivity contribution in [2.24, 2.45) is 0 Å². The number of methoxy groups -OCH3 is 1. The quantitative estimate of drug-likeness (QED) is 0.788. The number of benzene rings is 1. The Morgan fingerprint density at radius 1 is 1.40 bits per heavy atom. The topological polar surface area (TPSA) is 69.4 Å². The van der Waals surface area contributed by atoms with E-state index in [-0.39, 0.29) is 11.5 Å². The largest absolute Gasteiger partial charge is 0.496 e. The van der Waals surface area contributed by atoms with Crippen molar-refractivity contribution in [3.63, 3.8) is 0 Å². The van der Waals surface area contributed by atoms with Gasteiger partial charge in [-0.15, -0.1) is 0 Å². The number of anilines is 1. The molecule has 0 aliphatic carbocycles. The summed E-state index contributed by atoms with van der Waals surface area (Å²) in [5, 5.41) is 0. The zero-order chi connectivity index (χ0) is 11.5. The lowest BCUT2D eigenvalue weighted by Gasteiger charge is -2.08. The summed E-state index contributed by atoms with van der Waals surface area (Å²) in [6.07, 6.45) is 0. The van der Waals surface area contributed by atoms with E-state index in [1.807, 2.05) is 0 Å². The smallest absolute Gasteiger partial charge is 0.154 e. The molecule has 84 valence electrons. The molecule has 4 nitrogen and oxygen atoms in total. The van der Waals surface area contributed by atoms with E-state index < -0.39 is 9.84 Å². The highest BCUT2D eigenvalue weighted by Gasteiger charge is 2.13. The predicted molar refractivity (Wildman–Crippen MR) is 60.6 cm³/mol. The summed E-state index contributed by atoms with van der Waals surface area (Å²) in [6.45, 7) is 1.62. The summed E-state index contributed by atoms with van der Waals surface area (Å²) in [5.74, 6) is 0.643. The van der Waals surface area contributed by atoms with Crippen LogP contribution < -0.4 is 10.5 Å². The number of rotatable bonds is 4. The predicted octanol–water partition coefficient (Wildman–Crippen LogP) is 1.21. The van der Waals surface area contributed by atoms with Crippen LogP contribution in [-0.2, 0) is 15.6 Å². The number of hydrogen-bond donors (Lipinski definition) is 1. The molecule has 0 atom stereocenters. The van der Waals surface area contributed by atoms with Crippen LogP contribution in [0, 0.1) is 0 Å². The molecule has 0 aliphatic rings. The Balaban J connectivity index is 3.08. The van der Waals surface area contributed by atoms with Crippen molar-refractivity contribution in [2.75, 3.05) is 18.6 Å². The summed E-state index contributed by atoms with van der Waals surface area (Å²) < 4.78 is 28.0. The van der Waals surface area contributed by atoms with Crippen molar-refractivity contribution in [2.45, 2.75) is 12.7 Å². The second-order valence-corrected chi connectivity index (χ2v) is 5.60. The highest BCUT2D eigenvalue weighted by molar-refractivity contribution is 7.90. The minimum absolute atomic E-state index is 0.0300. The normalized spacial score (nSPS) is 11.3. The number of nitrogens with two attached hydrogens (primary N) is 1. The first-order chi connectivity index (χ1) is 6.98. The molecule has 1 rings (SSSR count). The van der Waals surface area contributed by atoms with Gasteiger partial charge in [0.15, 0.2) is 9.84 Å². The van der Waals surface area contributed by atoms with Gasteiger partial charge in [0.25, 0.3) is 0 Å². The van der Waals surface area contributed by atoms with Crippen LogP contribution in [0.5, 0.6) is 5.75 Å². The fraction of sp³-hybridized carbons (Fsp3) is 0.400. The maximum atomic E-state index is 11.5. The molecule has 15 heavy (non-hydrogen) atoms. The lowest BCUT2D eigenvalue weighted by molar-refractivity contribution is 0.411. The van der Waals surface area contributed by atoms with Crippen molar-refractivity contribution < 1.29 is 13.2 Å². The van der Waals surface area contributed by atoms with E-state index in [2.05, 4.69) is 0 Å². The molecule has 0 spiro atoms. The maximum absolute atomic E-state index is 11.5. The van der Waals surface area contributed by atoms with Crippen LogP contribution in [0.25, 0.3) is 0 Å². The van der Waals surface area contributed by atoms with Crippen LogP contribution in [0.4, 0.5) is 5.69 Å². The molecule has 5 heteroatoms. The van der Waals surface area contributed by atoms with E-state index in [0.717, 1.165) is 0 Å².